The Morgan fingerprint density at radius 1 is 1.26 bits per heavy atom. The van der Waals surface area contributed by atoms with Crippen molar-refractivity contribution in [2.75, 3.05) is 13.2 Å². The highest BCUT2D eigenvalue weighted by Crippen LogP contribution is 2.33. The Morgan fingerprint density at radius 3 is 2.65 bits per heavy atom. The van der Waals surface area contributed by atoms with E-state index in [0.29, 0.717) is 18.7 Å². The van der Waals surface area contributed by atoms with Gasteiger partial charge in [0.1, 0.15) is 6.10 Å². The number of nitrogens with one attached hydrogen (secondary N) is 1. The maximum Gasteiger partial charge on any atom is 0.416 e. The first-order chi connectivity index (χ1) is 11.0. The molecule has 4 nitrogen and oxygen atoms in total. The quantitative estimate of drug-likeness (QED) is 0.883. The second kappa shape index (κ2) is 5.35. The molecular formula is C16H16F3N3O. The largest absolute Gasteiger partial charge is 0.416 e. The molecule has 2 aliphatic heterocycles. The van der Waals surface area contributed by atoms with E-state index in [0.717, 1.165) is 48.7 Å². The highest BCUT2D eigenvalue weighted by Gasteiger charge is 2.31. The maximum absolute atomic E-state index is 12.7. The zero-order chi connectivity index (χ0) is 16.0. The predicted octanol–water partition coefficient (Wildman–Crippen LogP) is 2.61. The molecular weight excluding hydrogens is 307 g/mol. The van der Waals surface area contributed by atoms with Crippen LogP contribution in [0.4, 0.5) is 13.2 Å². The molecule has 23 heavy (non-hydrogen) atoms. The number of hydrogen-bond donors (Lipinski definition) is 1. The van der Waals surface area contributed by atoms with Gasteiger partial charge in [0.2, 0.25) is 0 Å². The summed E-state index contributed by atoms with van der Waals surface area (Å²) in [6.45, 7) is 3.04. The van der Waals surface area contributed by atoms with Gasteiger partial charge in [-0.1, -0.05) is 12.1 Å². The normalized spacial score (nSPS) is 20.4. The van der Waals surface area contributed by atoms with Crippen molar-refractivity contribution in [2.24, 2.45) is 0 Å². The number of aromatic nitrogens is 2. The summed E-state index contributed by atoms with van der Waals surface area (Å²) in [6.07, 6.45) is -3.23. The fourth-order valence-electron chi connectivity index (χ4n) is 2.99. The molecule has 0 aliphatic carbocycles. The monoisotopic (exact) mass is 323 g/mol. The lowest BCUT2D eigenvalue weighted by molar-refractivity contribution is -0.137. The Kier molecular flexibility index (Phi) is 3.42. The molecule has 4 rings (SSSR count). The van der Waals surface area contributed by atoms with E-state index in [1.165, 1.54) is 12.1 Å². The van der Waals surface area contributed by atoms with Crippen LogP contribution in [-0.2, 0) is 30.4 Å². The summed E-state index contributed by atoms with van der Waals surface area (Å²) in [7, 11) is 0. The molecule has 7 heteroatoms. The van der Waals surface area contributed by atoms with Crippen molar-refractivity contribution in [1.82, 2.24) is 15.1 Å². The third-order valence-corrected chi connectivity index (χ3v) is 4.27. The topological polar surface area (TPSA) is 42.4 Å². The summed E-state index contributed by atoms with van der Waals surface area (Å²) >= 11 is 0. The summed E-state index contributed by atoms with van der Waals surface area (Å²) in [5.74, 6) is 0. The highest BCUT2D eigenvalue weighted by atomic mass is 19.4. The number of nitrogens with zero attached hydrogens (tertiary/aromatic N) is 2. The Labute approximate surface area is 131 Å². The number of fused-ring (bicyclic) bond motifs is 1. The van der Waals surface area contributed by atoms with Gasteiger partial charge >= 0.3 is 6.18 Å². The second-order valence-corrected chi connectivity index (χ2v) is 5.91. The number of halogens is 3. The van der Waals surface area contributed by atoms with E-state index in [4.69, 9.17) is 4.74 Å². The van der Waals surface area contributed by atoms with Gasteiger partial charge in [-0.25, -0.2) is 0 Å². The Balaban J connectivity index is 1.71. The van der Waals surface area contributed by atoms with Gasteiger partial charge in [-0.2, -0.15) is 18.3 Å². The molecule has 0 unspecified atom stereocenters. The molecule has 1 aromatic heterocycles. The van der Waals surface area contributed by atoms with Crippen LogP contribution in [0.25, 0.3) is 11.3 Å². The molecule has 3 heterocycles. The van der Waals surface area contributed by atoms with Crippen LogP contribution < -0.4 is 5.32 Å². The molecule has 0 radical (unpaired) electrons. The number of epoxide rings is 1. The number of benzene rings is 1. The molecule has 1 saturated heterocycles. The molecule has 1 N–H and O–H groups in total. The van der Waals surface area contributed by atoms with E-state index >= 15 is 0 Å². The van der Waals surface area contributed by atoms with Crippen molar-refractivity contribution in [3.8, 4) is 11.3 Å². The van der Waals surface area contributed by atoms with Crippen molar-refractivity contribution in [3.05, 3.63) is 41.1 Å². The molecule has 0 spiro atoms. The van der Waals surface area contributed by atoms with E-state index in [-0.39, 0.29) is 6.10 Å². The average molecular weight is 323 g/mol. The van der Waals surface area contributed by atoms with E-state index in [1.54, 1.807) is 0 Å². The lowest BCUT2D eigenvalue weighted by atomic mass is 10.0. The van der Waals surface area contributed by atoms with Crippen molar-refractivity contribution >= 4 is 0 Å². The van der Waals surface area contributed by atoms with Crippen molar-refractivity contribution in [3.63, 3.8) is 0 Å². The number of ether oxygens (including phenoxy) is 1. The molecule has 1 atom stereocenters. The van der Waals surface area contributed by atoms with Gasteiger partial charge in [-0.3, -0.25) is 4.68 Å². The van der Waals surface area contributed by atoms with Gasteiger partial charge in [0, 0.05) is 36.3 Å². The van der Waals surface area contributed by atoms with Crippen LogP contribution in [0, 0.1) is 0 Å². The van der Waals surface area contributed by atoms with E-state index in [1.807, 2.05) is 4.68 Å². The highest BCUT2D eigenvalue weighted by molar-refractivity contribution is 5.65. The summed E-state index contributed by atoms with van der Waals surface area (Å²) in [5, 5.41) is 7.95. The Hall–Kier alpha value is -1.86. The van der Waals surface area contributed by atoms with Crippen LogP contribution >= 0.6 is 0 Å². The molecule has 2 aromatic rings. The summed E-state index contributed by atoms with van der Waals surface area (Å²) < 4.78 is 45.3. The van der Waals surface area contributed by atoms with Gasteiger partial charge in [0.15, 0.2) is 0 Å². The van der Waals surface area contributed by atoms with Gasteiger partial charge < -0.3 is 10.1 Å². The number of rotatable bonds is 3. The Morgan fingerprint density at radius 2 is 2.00 bits per heavy atom. The van der Waals surface area contributed by atoms with Gasteiger partial charge in [-0.05, 0) is 12.1 Å². The first-order valence-electron chi connectivity index (χ1n) is 7.61. The first-order valence-corrected chi connectivity index (χ1v) is 7.61. The van der Waals surface area contributed by atoms with Crippen LogP contribution in [0.15, 0.2) is 24.3 Å². The van der Waals surface area contributed by atoms with E-state index in [9.17, 15) is 13.2 Å². The summed E-state index contributed by atoms with van der Waals surface area (Å²) in [4.78, 5) is 0. The van der Waals surface area contributed by atoms with Crippen LogP contribution in [0.5, 0.6) is 0 Å². The average Bonchev–Trinajstić information content (AvgIpc) is 3.28. The molecule has 1 aromatic carbocycles. The van der Waals surface area contributed by atoms with Gasteiger partial charge in [0.05, 0.1) is 24.4 Å². The lowest BCUT2D eigenvalue weighted by Gasteiger charge is -2.15. The smallest absolute Gasteiger partial charge is 0.371 e. The van der Waals surface area contributed by atoms with Crippen LogP contribution in [0.2, 0.25) is 0 Å². The predicted molar refractivity (Wildman–Crippen MR) is 77.8 cm³/mol. The molecule has 2 aliphatic rings. The standard InChI is InChI=1S/C16H16F3N3O/c17-16(18,19)11-3-1-10(2-4-11)15-13-7-20-6-5-14(13)22(21-15)8-12-9-23-12/h1-4,12,20H,5-9H2/t12-/m1/s1. The molecule has 1 fully saturated rings. The molecule has 122 valence electrons. The van der Waals surface area contributed by atoms with Crippen LogP contribution in [0.1, 0.15) is 16.8 Å². The third kappa shape index (κ3) is 2.86. The number of hydrogen-bond acceptors (Lipinski definition) is 3. The zero-order valence-electron chi connectivity index (χ0n) is 12.4. The fourth-order valence-corrected chi connectivity index (χ4v) is 2.99. The molecule has 0 amide bonds. The van der Waals surface area contributed by atoms with Crippen molar-refractivity contribution < 1.29 is 17.9 Å². The summed E-state index contributed by atoms with van der Waals surface area (Å²) in [5.41, 5.74) is 3.08. The Bertz CT molecular complexity index is 717. The van der Waals surface area contributed by atoms with Gasteiger partial charge in [-0.15, -0.1) is 0 Å². The second-order valence-electron chi connectivity index (χ2n) is 5.91. The van der Waals surface area contributed by atoms with Crippen molar-refractivity contribution in [1.29, 1.82) is 0 Å². The molecule has 0 saturated carbocycles. The van der Waals surface area contributed by atoms with Crippen molar-refractivity contribution in [2.45, 2.75) is 31.8 Å². The minimum absolute atomic E-state index is 0.217. The third-order valence-electron chi connectivity index (χ3n) is 4.27. The van der Waals surface area contributed by atoms with Crippen LogP contribution in [0.3, 0.4) is 0 Å². The molecule has 0 bridgehead atoms. The van der Waals surface area contributed by atoms with E-state index in [2.05, 4.69) is 10.4 Å². The minimum Gasteiger partial charge on any atom is -0.371 e. The lowest BCUT2D eigenvalue weighted by Crippen LogP contribution is -2.25. The summed E-state index contributed by atoms with van der Waals surface area (Å²) in [6, 6.07) is 5.22. The fraction of sp³-hybridized carbons (Fsp3) is 0.438. The van der Waals surface area contributed by atoms with Gasteiger partial charge in [0.25, 0.3) is 0 Å². The minimum atomic E-state index is -4.32. The zero-order valence-corrected chi connectivity index (χ0v) is 12.4. The van der Waals surface area contributed by atoms with E-state index < -0.39 is 11.7 Å². The SMILES string of the molecule is FC(F)(F)c1ccc(-c2nn(C[C@@H]3CO3)c3c2CNCC3)cc1. The maximum atomic E-state index is 12.7. The van der Waals surface area contributed by atoms with Crippen LogP contribution in [-0.4, -0.2) is 29.0 Å². The first kappa shape index (κ1) is 14.7. The number of alkyl halides is 3.